The Kier molecular flexibility index (Phi) is 6.25. The van der Waals surface area contributed by atoms with Gasteiger partial charge in [-0.3, -0.25) is 9.10 Å². The molecule has 150 valence electrons. The van der Waals surface area contributed by atoms with Crippen molar-refractivity contribution in [3.63, 3.8) is 0 Å². The van der Waals surface area contributed by atoms with Gasteiger partial charge in [-0.05, 0) is 60.5 Å². The second kappa shape index (κ2) is 8.68. The summed E-state index contributed by atoms with van der Waals surface area (Å²) in [7, 11) is -3.45. The molecule has 0 radical (unpaired) electrons. The molecule has 0 heterocycles. The van der Waals surface area contributed by atoms with Crippen molar-refractivity contribution in [2.45, 2.75) is 13.5 Å². The zero-order valence-corrected chi connectivity index (χ0v) is 17.7. The molecule has 0 bridgehead atoms. The predicted octanol–water partition coefficient (Wildman–Crippen LogP) is 4.87. The second-order valence-corrected chi connectivity index (χ2v) is 9.06. The first kappa shape index (κ1) is 20.9. The minimum Gasteiger partial charge on any atom is -0.322 e. The van der Waals surface area contributed by atoms with Crippen LogP contribution in [0.1, 0.15) is 21.5 Å². The summed E-state index contributed by atoms with van der Waals surface area (Å²) in [4.78, 5) is 12.5. The average Bonchev–Trinajstić information content (AvgIpc) is 2.68. The molecule has 0 aromatic heterocycles. The lowest BCUT2D eigenvalue weighted by molar-refractivity contribution is 0.102. The first-order valence-corrected chi connectivity index (χ1v) is 11.2. The molecule has 3 aromatic rings. The number of para-hydroxylation sites is 1. The molecule has 1 amide bonds. The summed E-state index contributed by atoms with van der Waals surface area (Å²) in [5.74, 6) is -0.245. The summed E-state index contributed by atoms with van der Waals surface area (Å²) in [5, 5.41) is 3.47. The highest BCUT2D eigenvalue weighted by Crippen LogP contribution is 2.22. The predicted molar refractivity (Wildman–Crippen MR) is 118 cm³/mol. The van der Waals surface area contributed by atoms with Gasteiger partial charge in [-0.2, -0.15) is 0 Å². The van der Waals surface area contributed by atoms with E-state index in [1.165, 1.54) is 10.6 Å². The number of halogens is 1. The number of amides is 1. The molecule has 0 aliphatic carbocycles. The average molecular weight is 429 g/mol. The molecule has 0 unspecified atom stereocenters. The van der Waals surface area contributed by atoms with Gasteiger partial charge in [-0.25, -0.2) is 8.42 Å². The SMILES string of the molecule is Cc1cc(Cl)ccc1NC(=O)c1ccc(CN(c2ccccc2)S(C)(=O)=O)cc1. The minimum atomic E-state index is -3.45. The molecule has 0 saturated carbocycles. The Morgan fingerprint density at radius 2 is 1.66 bits per heavy atom. The topological polar surface area (TPSA) is 66.5 Å². The van der Waals surface area contributed by atoms with E-state index in [4.69, 9.17) is 11.6 Å². The highest BCUT2D eigenvalue weighted by Gasteiger charge is 2.18. The van der Waals surface area contributed by atoms with Gasteiger partial charge < -0.3 is 5.32 Å². The van der Waals surface area contributed by atoms with Gasteiger partial charge in [-0.15, -0.1) is 0 Å². The molecule has 0 saturated heterocycles. The van der Waals surface area contributed by atoms with Gasteiger partial charge in [0.25, 0.3) is 5.91 Å². The Balaban J connectivity index is 1.76. The van der Waals surface area contributed by atoms with Gasteiger partial charge in [-0.1, -0.05) is 41.9 Å². The first-order chi connectivity index (χ1) is 13.7. The van der Waals surface area contributed by atoms with Gasteiger partial charge in [0.2, 0.25) is 10.0 Å². The van der Waals surface area contributed by atoms with Crippen LogP contribution in [0.4, 0.5) is 11.4 Å². The molecule has 5 nitrogen and oxygen atoms in total. The van der Waals surface area contributed by atoms with Crippen molar-refractivity contribution < 1.29 is 13.2 Å². The van der Waals surface area contributed by atoms with Crippen molar-refractivity contribution in [1.82, 2.24) is 0 Å². The van der Waals surface area contributed by atoms with Crippen LogP contribution in [0.3, 0.4) is 0 Å². The number of hydrogen-bond donors (Lipinski definition) is 1. The summed E-state index contributed by atoms with van der Waals surface area (Å²) in [6.07, 6.45) is 1.18. The highest BCUT2D eigenvalue weighted by molar-refractivity contribution is 7.92. The van der Waals surface area contributed by atoms with Gasteiger partial charge in [0.15, 0.2) is 0 Å². The number of nitrogens with one attached hydrogen (secondary N) is 1. The Hall–Kier alpha value is -2.83. The number of hydrogen-bond acceptors (Lipinski definition) is 3. The second-order valence-electron chi connectivity index (χ2n) is 6.72. The van der Waals surface area contributed by atoms with Gasteiger partial charge in [0.05, 0.1) is 18.5 Å². The van der Waals surface area contributed by atoms with E-state index in [2.05, 4.69) is 5.32 Å². The summed E-state index contributed by atoms with van der Waals surface area (Å²) in [5.41, 5.74) is 3.41. The van der Waals surface area contributed by atoms with Crippen LogP contribution in [0.25, 0.3) is 0 Å². The largest absolute Gasteiger partial charge is 0.322 e. The van der Waals surface area contributed by atoms with E-state index >= 15 is 0 Å². The molecule has 29 heavy (non-hydrogen) atoms. The molecule has 0 aliphatic heterocycles. The number of benzene rings is 3. The van der Waals surface area contributed by atoms with Gasteiger partial charge >= 0.3 is 0 Å². The molecule has 3 aromatic carbocycles. The van der Waals surface area contributed by atoms with Gasteiger partial charge in [0, 0.05) is 16.3 Å². The third-order valence-corrected chi connectivity index (χ3v) is 5.80. The van der Waals surface area contributed by atoms with Crippen LogP contribution in [-0.4, -0.2) is 20.6 Å². The number of sulfonamides is 1. The maximum absolute atomic E-state index is 12.5. The molecule has 0 aliphatic rings. The van der Waals surface area contributed by atoms with Crippen LogP contribution >= 0.6 is 11.6 Å². The number of aryl methyl sites for hydroxylation is 1. The fourth-order valence-electron chi connectivity index (χ4n) is 2.88. The maximum atomic E-state index is 12.5. The lowest BCUT2D eigenvalue weighted by Crippen LogP contribution is -2.29. The van der Waals surface area contributed by atoms with Crippen LogP contribution in [0.15, 0.2) is 72.8 Å². The van der Waals surface area contributed by atoms with Crippen molar-refractivity contribution >= 4 is 38.9 Å². The molecular formula is C22H21ClN2O3S. The monoisotopic (exact) mass is 428 g/mol. The van der Waals surface area contributed by atoms with Crippen molar-refractivity contribution in [2.24, 2.45) is 0 Å². The van der Waals surface area contributed by atoms with E-state index in [1.54, 1.807) is 66.7 Å². The summed E-state index contributed by atoms with van der Waals surface area (Å²) >= 11 is 5.95. The summed E-state index contributed by atoms with van der Waals surface area (Å²) < 4.78 is 25.8. The number of nitrogens with zero attached hydrogens (tertiary/aromatic N) is 1. The number of carbonyl (C=O) groups excluding carboxylic acids is 1. The normalized spacial score (nSPS) is 11.1. The number of carbonyl (C=O) groups is 1. The Morgan fingerprint density at radius 1 is 1.00 bits per heavy atom. The van der Waals surface area contributed by atoms with Crippen LogP contribution in [0.2, 0.25) is 5.02 Å². The lowest BCUT2D eigenvalue weighted by Gasteiger charge is -2.22. The van der Waals surface area contributed by atoms with Crippen molar-refractivity contribution in [3.8, 4) is 0 Å². The van der Waals surface area contributed by atoms with Crippen LogP contribution < -0.4 is 9.62 Å². The Labute approximate surface area is 176 Å². The smallest absolute Gasteiger partial charge is 0.255 e. The van der Waals surface area contributed by atoms with Crippen molar-refractivity contribution in [2.75, 3.05) is 15.9 Å². The van der Waals surface area contributed by atoms with E-state index in [-0.39, 0.29) is 12.5 Å². The summed E-state index contributed by atoms with van der Waals surface area (Å²) in [6.45, 7) is 2.05. The van der Waals surface area contributed by atoms with E-state index in [0.29, 0.717) is 22.0 Å². The molecule has 3 rings (SSSR count). The molecule has 1 N–H and O–H groups in total. The fraction of sp³-hybridized carbons (Fsp3) is 0.136. The van der Waals surface area contributed by atoms with Crippen molar-refractivity contribution in [3.05, 3.63) is 94.5 Å². The standard InChI is InChI=1S/C22H21ClN2O3S/c1-16-14-19(23)12-13-21(16)24-22(26)18-10-8-17(9-11-18)15-25(29(2,27)28)20-6-4-3-5-7-20/h3-14H,15H2,1-2H3,(H,24,26). The third kappa shape index (κ3) is 5.37. The van der Waals surface area contributed by atoms with E-state index in [1.807, 2.05) is 13.0 Å². The van der Waals surface area contributed by atoms with E-state index < -0.39 is 10.0 Å². The molecule has 7 heteroatoms. The zero-order chi connectivity index (χ0) is 21.0. The van der Waals surface area contributed by atoms with Gasteiger partial charge in [0.1, 0.15) is 0 Å². The molecular weight excluding hydrogens is 408 g/mol. The highest BCUT2D eigenvalue weighted by atomic mass is 35.5. The third-order valence-electron chi connectivity index (χ3n) is 4.42. The maximum Gasteiger partial charge on any atom is 0.255 e. The summed E-state index contributed by atoms with van der Waals surface area (Å²) in [6, 6.07) is 21.0. The zero-order valence-electron chi connectivity index (χ0n) is 16.1. The fourth-order valence-corrected chi connectivity index (χ4v) is 4.00. The van der Waals surface area contributed by atoms with Crippen LogP contribution in [-0.2, 0) is 16.6 Å². The number of anilines is 2. The van der Waals surface area contributed by atoms with Crippen LogP contribution in [0, 0.1) is 6.92 Å². The first-order valence-electron chi connectivity index (χ1n) is 8.93. The lowest BCUT2D eigenvalue weighted by atomic mass is 10.1. The van der Waals surface area contributed by atoms with E-state index in [0.717, 1.165) is 11.1 Å². The van der Waals surface area contributed by atoms with E-state index in [9.17, 15) is 13.2 Å². The van der Waals surface area contributed by atoms with Crippen LogP contribution in [0.5, 0.6) is 0 Å². The molecule has 0 spiro atoms. The molecule has 0 atom stereocenters. The molecule has 0 fully saturated rings. The quantitative estimate of drug-likeness (QED) is 0.609. The Morgan fingerprint density at radius 3 is 2.24 bits per heavy atom. The van der Waals surface area contributed by atoms with Crippen molar-refractivity contribution in [1.29, 1.82) is 0 Å². The minimum absolute atomic E-state index is 0.182. The Bertz CT molecular complexity index is 1110. The number of rotatable bonds is 6.